The number of rotatable bonds is 6. The zero-order chi connectivity index (χ0) is 17.5. The van der Waals surface area contributed by atoms with Gasteiger partial charge >= 0.3 is 6.03 Å². The van der Waals surface area contributed by atoms with E-state index < -0.39 is 0 Å². The van der Waals surface area contributed by atoms with E-state index in [-0.39, 0.29) is 24.5 Å². The van der Waals surface area contributed by atoms with Gasteiger partial charge in [-0.2, -0.15) is 0 Å². The van der Waals surface area contributed by atoms with E-state index in [4.69, 9.17) is 10.2 Å². The van der Waals surface area contributed by atoms with Crippen molar-refractivity contribution in [3.8, 4) is 0 Å². The van der Waals surface area contributed by atoms with Gasteiger partial charge in [0.1, 0.15) is 12.0 Å². The molecule has 0 unspecified atom stereocenters. The highest BCUT2D eigenvalue weighted by Crippen LogP contribution is 2.11. The van der Waals surface area contributed by atoms with Crippen molar-refractivity contribution >= 4 is 17.6 Å². The standard InChI is InChI=1S/C17H22N4O3/c1-11(2)20-17(23)21-14-5-3-12(4-6-14)9-19-16(22)13-7-15(8-18)24-10-13/h3-7,10-11H,8-9,18H2,1-2H3,(H,19,22)(H2,20,21,23). The van der Waals surface area contributed by atoms with Crippen LogP contribution in [0.1, 0.15) is 35.5 Å². The maximum Gasteiger partial charge on any atom is 0.319 e. The number of benzene rings is 1. The molecule has 1 aromatic carbocycles. The molecular formula is C17H22N4O3. The molecule has 0 fully saturated rings. The van der Waals surface area contributed by atoms with Gasteiger partial charge < -0.3 is 26.1 Å². The van der Waals surface area contributed by atoms with Crippen molar-refractivity contribution in [1.29, 1.82) is 0 Å². The molecule has 0 atom stereocenters. The largest absolute Gasteiger partial charge is 0.467 e. The number of hydrogen-bond acceptors (Lipinski definition) is 4. The lowest BCUT2D eigenvalue weighted by Crippen LogP contribution is -2.34. The number of anilines is 1. The van der Waals surface area contributed by atoms with E-state index >= 15 is 0 Å². The summed E-state index contributed by atoms with van der Waals surface area (Å²) in [6.07, 6.45) is 1.39. The van der Waals surface area contributed by atoms with Gasteiger partial charge in [0.15, 0.2) is 0 Å². The molecule has 2 aromatic rings. The monoisotopic (exact) mass is 330 g/mol. The van der Waals surface area contributed by atoms with E-state index in [2.05, 4.69) is 16.0 Å². The summed E-state index contributed by atoms with van der Waals surface area (Å²) >= 11 is 0. The summed E-state index contributed by atoms with van der Waals surface area (Å²) in [5.41, 5.74) is 7.49. The lowest BCUT2D eigenvalue weighted by Gasteiger charge is -2.10. The predicted octanol–water partition coefficient (Wildman–Crippen LogP) is 2.20. The van der Waals surface area contributed by atoms with Crippen molar-refractivity contribution in [3.05, 3.63) is 53.5 Å². The first-order valence-corrected chi connectivity index (χ1v) is 7.70. The van der Waals surface area contributed by atoms with E-state index in [9.17, 15) is 9.59 Å². The van der Waals surface area contributed by atoms with Gasteiger partial charge in [0.05, 0.1) is 12.1 Å². The molecule has 0 radical (unpaired) electrons. The van der Waals surface area contributed by atoms with Crippen LogP contribution in [0.4, 0.5) is 10.5 Å². The third kappa shape index (κ3) is 5.13. The summed E-state index contributed by atoms with van der Waals surface area (Å²) in [5, 5.41) is 8.28. The Kier molecular flexibility index (Phi) is 5.97. The summed E-state index contributed by atoms with van der Waals surface area (Å²) in [6, 6.07) is 8.69. The summed E-state index contributed by atoms with van der Waals surface area (Å²) in [5.74, 6) is 0.340. The summed E-state index contributed by atoms with van der Waals surface area (Å²) < 4.78 is 5.14. The molecule has 0 aliphatic rings. The van der Waals surface area contributed by atoms with E-state index in [1.54, 1.807) is 18.2 Å². The lowest BCUT2D eigenvalue weighted by atomic mass is 10.2. The van der Waals surface area contributed by atoms with Crippen LogP contribution in [0.3, 0.4) is 0 Å². The number of amides is 3. The fraction of sp³-hybridized carbons (Fsp3) is 0.294. The molecule has 2 rings (SSSR count). The molecule has 1 aromatic heterocycles. The molecule has 5 N–H and O–H groups in total. The molecule has 1 heterocycles. The van der Waals surface area contributed by atoms with Gasteiger partial charge in [0, 0.05) is 18.3 Å². The average molecular weight is 330 g/mol. The Morgan fingerprint density at radius 3 is 2.50 bits per heavy atom. The van der Waals surface area contributed by atoms with Crippen LogP contribution in [0.15, 0.2) is 41.0 Å². The Morgan fingerprint density at radius 1 is 1.21 bits per heavy atom. The molecular weight excluding hydrogens is 308 g/mol. The van der Waals surface area contributed by atoms with Crippen LogP contribution in [0.5, 0.6) is 0 Å². The molecule has 7 nitrogen and oxygen atoms in total. The molecule has 0 saturated carbocycles. The number of carbonyl (C=O) groups is 2. The average Bonchev–Trinajstić information content (AvgIpc) is 3.02. The molecule has 0 aliphatic heterocycles. The minimum absolute atomic E-state index is 0.0715. The minimum Gasteiger partial charge on any atom is -0.467 e. The van der Waals surface area contributed by atoms with Gasteiger partial charge in [-0.3, -0.25) is 4.79 Å². The normalized spacial score (nSPS) is 10.5. The van der Waals surface area contributed by atoms with Crippen molar-refractivity contribution in [2.45, 2.75) is 33.0 Å². The second kappa shape index (κ2) is 8.16. The molecule has 24 heavy (non-hydrogen) atoms. The third-order valence-corrected chi connectivity index (χ3v) is 3.20. The van der Waals surface area contributed by atoms with Crippen LogP contribution in [0.25, 0.3) is 0 Å². The number of hydrogen-bond donors (Lipinski definition) is 4. The molecule has 128 valence electrons. The fourth-order valence-electron chi connectivity index (χ4n) is 2.03. The Morgan fingerprint density at radius 2 is 1.92 bits per heavy atom. The molecule has 0 bridgehead atoms. The van der Waals surface area contributed by atoms with Crippen LogP contribution in [-0.4, -0.2) is 18.0 Å². The third-order valence-electron chi connectivity index (χ3n) is 3.20. The minimum atomic E-state index is -0.248. The van der Waals surface area contributed by atoms with E-state index in [0.717, 1.165) is 5.56 Å². The van der Waals surface area contributed by atoms with Crippen LogP contribution in [0, 0.1) is 0 Å². The second-order valence-electron chi connectivity index (χ2n) is 5.64. The van der Waals surface area contributed by atoms with Crippen molar-refractivity contribution in [2.75, 3.05) is 5.32 Å². The van der Waals surface area contributed by atoms with E-state index in [0.29, 0.717) is 23.6 Å². The number of urea groups is 1. The van der Waals surface area contributed by atoms with Gasteiger partial charge in [0.25, 0.3) is 5.91 Å². The predicted molar refractivity (Wildman–Crippen MR) is 91.5 cm³/mol. The molecule has 0 saturated heterocycles. The van der Waals surface area contributed by atoms with Crippen molar-refractivity contribution in [1.82, 2.24) is 10.6 Å². The van der Waals surface area contributed by atoms with Gasteiger partial charge in [-0.25, -0.2) is 4.79 Å². The highest BCUT2D eigenvalue weighted by atomic mass is 16.3. The quantitative estimate of drug-likeness (QED) is 0.651. The molecule has 0 spiro atoms. The first kappa shape index (κ1) is 17.6. The molecule has 3 amide bonds. The van der Waals surface area contributed by atoms with Crippen LogP contribution in [-0.2, 0) is 13.1 Å². The van der Waals surface area contributed by atoms with E-state index in [1.165, 1.54) is 6.26 Å². The molecule has 7 heteroatoms. The Hall–Kier alpha value is -2.80. The van der Waals surface area contributed by atoms with Gasteiger partial charge in [-0.1, -0.05) is 12.1 Å². The van der Waals surface area contributed by atoms with Crippen LogP contribution in [0.2, 0.25) is 0 Å². The highest BCUT2D eigenvalue weighted by Gasteiger charge is 2.09. The smallest absolute Gasteiger partial charge is 0.319 e. The number of furan rings is 1. The van der Waals surface area contributed by atoms with Crippen molar-refractivity contribution in [2.24, 2.45) is 5.73 Å². The zero-order valence-corrected chi connectivity index (χ0v) is 13.8. The highest BCUT2D eigenvalue weighted by molar-refractivity contribution is 5.94. The van der Waals surface area contributed by atoms with Crippen LogP contribution >= 0.6 is 0 Å². The number of carbonyl (C=O) groups excluding carboxylic acids is 2. The fourth-order valence-corrected chi connectivity index (χ4v) is 2.03. The maximum atomic E-state index is 12.0. The Bertz CT molecular complexity index is 692. The Labute approximate surface area is 140 Å². The summed E-state index contributed by atoms with van der Waals surface area (Å²) in [6.45, 7) is 4.41. The van der Waals surface area contributed by atoms with Crippen molar-refractivity contribution < 1.29 is 14.0 Å². The number of nitrogens with two attached hydrogens (primary N) is 1. The molecule has 0 aliphatic carbocycles. The van der Waals surface area contributed by atoms with Gasteiger partial charge in [0.2, 0.25) is 0 Å². The van der Waals surface area contributed by atoms with Gasteiger partial charge in [-0.05, 0) is 37.6 Å². The summed E-state index contributed by atoms with van der Waals surface area (Å²) in [4.78, 5) is 23.6. The summed E-state index contributed by atoms with van der Waals surface area (Å²) in [7, 11) is 0. The second-order valence-corrected chi connectivity index (χ2v) is 5.64. The van der Waals surface area contributed by atoms with E-state index in [1.807, 2.05) is 26.0 Å². The zero-order valence-electron chi connectivity index (χ0n) is 13.8. The number of nitrogens with one attached hydrogen (secondary N) is 3. The first-order valence-electron chi connectivity index (χ1n) is 7.70. The maximum absolute atomic E-state index is 12.0. The Balaban J connectivity index is 1.85. The van der Waals surface area contributed by atoms with Crippen molar-refractivity contribution in [3.63, 3.8) is 0 Å². The SMILES string of the molecule is CC(C)NC(=O)Nc1ccc(CNC(=O)c2coc(CN)c2)cc1. The lowest BCUT2D eigenvalue weighted by molar-refractivity contribution is 0.0950. The van der Waals surface area contributed by atoms with Crippen LogP contribution < -0.4 is 21.7 Å². The first-order chi connectivity index (χ1) is 11.5. The topological polar surface area (TPSA) is 109 Å². The van der Waals surface area contributed by atoms with Gasteiger partial charge in [-0.15, -0.1) is 0 Å².